The molecule has 266 valence electrons. The lowest BCUT2D eigenvalue weighted by Gasteiger charge is -2.38. The zero-order chi connectivity index (χ0) is 35.7. The number of ether oxygens (including phenoxy) is 3. The molecule has 5 heterocycles. The predicted molar refractivity (Wildman–Crippen MR) is 207 cm³/mol. The van der Waals surface area contributed by atoms with Gasteiger partial charge in [0.1, 0.15) is 22.9 Å². The second-order valence-electron chi connectivity index (χ2n) is 14.2. The van der Waals surface area contributed by atoms with E-state index in [-0.39, 0.29) is 11.8 Å². The van der Waals surface area contributed by atoms with Crippen molar-refractivity contribution < 1.29 is 14.2 Å². The van der Waals surface area contributed by atoms with Gasteiger partial charge in [-0.15, -0.1) is 10.6 Å². The van der Waals surface area contributed by atoms with Gasteiger partial charge in [-0.05, 0) is 76.2 Å². The number of halogens is 1. The van der Waals surface area contributed by atoms with E-state index in [1.54, 1.807) is 28.6 Å². The number of benzene rings is 1. The highest BCUT2D eigenvalue weighted by Gasteiger charge is 2.42. The van der Waals surface area contributed by atoms with Crippen molar-refractivity contribution in [3.05, 3.63) is 56.4 Å². The molecule has 1 aliphatic heterocycles. The molecule has 50 heavy (non-hydrogen) atoms. The Morgan fingerprint density at radius 1 is 1.02 bits per heavy atom. The first-order chi connectivity index (χ1) is 23.9. The maximum Gasteiger partial charge on any atom is 0.277 e. The Hall–Kier alpha value is -3.61. The fourth-order valence-electron chi connectivity index (χ4n) is 7.51. The minimum atomic E-state index is -1.98. The minimum Gasteiger partial charge on any atom is -0.477 e. The summed E-state index contributed by atoms with van der Waals surface area (Å²) in [5.41, 5.74) is 9.58. The molecule has 1 aliphatic rings. The molecule has 0 radical (unpaired) electrons. The Morgan fingerprint density at radius 3 is 2.46 bits per heavy atom. The number of nitrogens with zero attached hydrogens (tertiary/aromatic N) is 7. The van der Waals surface area contributed by atoms with Gasteiger partial charge in [-0.25, -0.2) is 13.9 Å². The van der Waals surface area contributed by atoms with E-state index in [2.05, 4.69) is 109 Å². The normalized spacial score (nSPS) is 15.4. The molecule has 0 bridgehead atoms. The lowest BCUT2D eigenvalue weighted by Crippen LogP contribution is -2.43. The minimum absolute atomic E-state index is 0.0938. The third-order valence-corrected chi connectivity index (χ3v) is 17.4. The second kappa shape index (κ2) is 14.9. The van der Waals surface area contributed by atoms with Crippen LogP contribution in [0.25, 0.3) is 27.5 Å². The summed E-state index contributed by atoms with van der Waals surface area (Å²) >= 11 is 2.12. The van der Waals surface area contributed by atoms with Crippen molar-refractivity contribution in [2.75, 3.05) is 19.8 Å². The summed E-state index contributed by atoms with van der Waals surface area (Å²) in [5.74, 6) is 4.76. The molecule has 0 aliphatic carbocycles. The Balaban J connectivity index is 1.26. The van der Waals surface area contributed by atoms with Crippen LogP contribution in [0.15, 0.2) is 41.6 Å². The first kappa shape index (κ1) is 36.2. The molecule has 1 fully saturated rings. The van der Waals surface area contributed by atoms with Crippen molar-refractivity contribution in [2.45, 2.75) is 90.1 Å². The highest BCUT2D eigenvalue weighted by molar-refractivity contribution is 14.1. The molecule has 0 saturated carbocycles. The maximum absolute atomic E-state index is 12.6. The van der Waals surface area contributed by atoms with Gasteiger partial charge in [0.05, 0.1) is 30.5 Å². The number of hydrogen-bond donors (Lipinski definition) is 0. The van der Waals surface area contributed by atoms with Gasteiger partial charge >= 0.3 is 0 Å². The molecule has 4 aromatic heterocycles. The molecule has 1 aromatic carbocycles. The Kier molecular flexibility index (Phi) is 10.8. The summed E-state index contributed by atoms with van der Waals surface area (Å²) in [7, 11) is 1.63. The summed E-state index contributed by atoms with van der Waals surface area (Å²) in [6.07, 6.45) is 8.94. The molecule has 11 nitrogen and oxygen atoms in total. The van der Waals surface area contributed by atoms with E-state index in [9.17, 15) is 4.79 Å². The number of rotatable bonds is 11. The van der Waals surface area contributed by atoms with E-state index >= 15 is 0 Å². The fraction of sp³-hybridized carbons (Fsp3) is 0.514. The van der Waals surface area contributed by atoms with E-state index in [4.69, 9.17) is 19.3 Å². The molecule has 13 heteroatoms. The van der Waals surface area contributed by atoms with Gasteiger partial charge in [0, 0.05) is 44.9 Å². The summed E-state index contributed by atoms with van der Waals surface area (Å²) < 4.78 is 26.1. The quantitative estimate of drug-likeness (QED) is 0.0590. The van der Waals surface area contributed by atoms with E-state index in [1.165, 1.54) is 4.57 Å². The van der Waals surface area contributed by atoms with Crippen molar-refractivity contribution in [3.63, 3.8) is 0 Å². The van der Waals surface area contributed by atoms with E-state index in [0.717, 1.165) is 53.6 Å². The highest BCUT2D eigenvalue weighted by atomic mass is 127. The zero-order valence-corrected chi connectivity index (χ0v) is 33.5. The SMILES string of the molecule is CC(C)[Si](C#Cc1nn(C2CCCCO2)c2ccc(-c3cnn(C)c3OCCCOc3nn4ccn(C)c(=O)c4c3I)cc12)(C(C)C)C(C)C. The van der Waals surface area contributed by atoms with Gasteiger partial charge in [0.15, 0.2) is 6.23 Å². The van der Waals surface area contributed by atoms with Gasteiger partial charge in [-0.3, -0.25) is 4.79 Å². The molecule has 1 saturated heterocycles. The van der Waals surface area contributed by atoms with Crippen molar-refractivity contribution in [3.8, 4) is 34.4 Å². The Labute approximate surface area is 308 Å². The topological polar surface area (TPSA) is 103 Å². The van der Waals surface area contributed by atoms with Crippen molar-refractivity contribution in [1.29, 1.82) is 0 Å². The largest absolute Gasteiger partial charge is 0.477 e. The third kappa shape index (κ3) is 6.73. The van der Waals surface area contributed by atoms with Gasteiger partial charge < -0.3 is 18.8 Å². The van der Waals surface area contributed by atoms with Crippen molar-refractivity contribution in [1.82, 2.24) is 33.7 Å². The van der Waals surface area contributed by atoms with Crippen LogP contribution in [-0.2, 0) is 18.8 Å². The van der Waals surface area contributed by atoms with Crippen LogP contribution < -0.4 is 15.0 Å². The number of aryl methyl sites for hydroxylation is 2. The maximum atomic E-state index is 12.6. The zero-order valence-electron chi connectivity index (χ0n) is 30.4. The van der Waals surface area contributed by atoms with Crippen LogP contribution in [0.3, 0.4) is 0 Å². The van der Waals surface area contributed by atoms with Gasteiger partial charge in [-0.2, -0.15) is 10.2 Å². The van der Waals surface area contributed by atoms with Gasteiger partial charge in [0.2, 0.25) is 11.8 Å². The first-order valence-electron chi connectivity index (χ1n) is 17.6. The van der Waals surface area contributed by atoms with E-state index in [1.807, 2.05) is 13.2 Å². The number of fused-ring (bicyclic) bond motifs is 2. The lowest BCUT2D eigenvalue weighted by atomic mass is 10.1. The monoisotopic (exact) mass is 809 g/mol. The summed E-state index contributed by atoms with van der Waals surface area (Å²) in [6.45, 7) is 15.6. The molecular formula is C37H48IN7O4Si. The molecule has 0 N–H and O–H groups in total. The lowest BCUT2D eigenvalue weighted by molar-refractivity contribution is -0.0367. The van der Waals surface area contributed by atoms with Gasteiger partial charge in [0.25, 0.3) is 5.56 Å². The summed E-state index contributed by atoms with van der Waals surface area (Å²) in [5, 5.41) is 15.1. The third-order valence-electron chi connectivity index (χ3n) is 10.1. The fourth-order valence-corrected chi connectivity index (χ4v) is 13.5. The molecule has 1 unspecified atom stereocenters. The van der Waals surface area contributed by atoms with Crippen molar-refractivity contribution >= 4 is 47.1 Å². The first-order valence-corrected chi connectivity index (χ1v) is 20.9. The average Bonchev–Trinajstić information content (AvgIpc) is 3.75. The average molecular weight is 810 g/mol. The molecule has 5 aromatic rings. The standard InChI is InChI=1S/C37H48IN7O4Si/c1-24(2)50(25(3)4,26(5)6)21-15-30-28-22-27(13-14-31(28)45(40-30)32-12-9-10-18-47-32)29-23-39-43(8)37(29)49-20-11-19-48-35-33(38)34-36(46)42(7)16-17-44(34)41-35/h13-14,16-17,22-26,32H,9-12,18-20H2,1-8H3. The Morgan fingerprint density at radius 2 is 1.76 bits per heavy atom. The van der Waals surface area contributed by atoms with Crippen LogP contribution in [-0.4, -0.2) is 61.6 Å². The van der Waals surface area contributed by atoms with Gasteiger partial charge in [-0.1, -0.05) is 53.5 Å². The number of aromatic nitrogens is 7. The summed E-state index contributed by atoms with van der Waals surface area (Å²) in [6, 6.07) is 6.42. The molecule has 6 rings (SSSR count). The summed E-state index contributed by atoms with van der Waals surface area (Å²) in [4.78, 5) is 12.6. The van der Waals surface area contributed by atoms with Crippen LogP contribution in [0.5, 0.6) is 11.8 Å². The smallest absolute Gasteiger partial charge is 0.277 e. The molecular weight excluding hydrogens is 761 g/mol. The number of hydrogen-bond acceptors (Lipinski definition) is 7. The van der Waals surface area contributed by atoms with Crippen LogP contribution in [0.2, 0.25) is 16.6 Å². The van der Waals surface area contributed by atoms with Crippen molar-refractivity contribution in [2.24, 2.45) is 14.1 Å². The van der Waals surface area contributed by atoms with Crippen LogP contribution >= 0.6 is 22.6 Å². The van der Waals surface area contributed by atoms with Crippen LogP contribution in [0.4, 0.5) is 0 Å². The Bertz CT molecular complexity index is 2090. The van der Waals surface area contributed by atoms with E-state index < -0.39 is 8.07 Å². The van der Waals surface area contributed by atoms with Crippen LogP contribution in [0.1, 0.15) is 79.1 Å². The predicted octanol–water partition coefficient (Wildman–Crippen LogP) is 7.50. The highest BCUT2D eigenvalue weighted by Crippen LogP contribution is 2.41. The molecule has 0 amide bonds. The van der Waals surface area contributed by atoms with E-state index in [0.29, 0.717) is 57.1 Å². The van der Waals surface area contributed by atoms with Crippen LogP contribution in [0, 0.1) is 15.0 Å². The molecule has 0 spiro atoms. The second-order valence-corrected chi connectivity index (χ2v) is 20.8. The molecule has 1 atom stereocenters.